The Kier molecular flexibility index (Phi) is 21.9. The van der Waals surface area contributed by atoms with Crippen LogP contribution in [0.5, 0.6) is 0 Å². The predicted molar refractivity (Wildman–Crippen MR) is 588 cm³/mol. The molecule has 0 radical (unpaired) electrons. The van der Waals surface area contributed by atoms with E-state index in [1.807, 2.05) is 0 Å². The number of aromatic nitrogens is 4. The molecular formula is C135H116N4. The van der Waals surface area contributed by atoms with Crippen molar-refractivity contribution in [1.29, 1.82) is 0 Å². The standard InChI is InChI=1S/C135H116N4/c1-131(2,3)105-62-65-111(118(82-105)113-64-57-96(78-116(113)89-39-21-15-22-40-89)91-43-31-44-92(71-91)97-60-69-129-120(79-97)114-53-27-29-55-127(114)138(129)107-49-33-46-94(76-107)87-35-17-13-18-36-87)103-73-102(110-52-26-25-51-109(110)101-59-68-125(136-85-101)100-58-67-123-124(81-100)134(9,10)135(11,12)133(123,7)8)74-104(75-103)112-66-63-106(132(4,5)6)83-119(112)122-86-137-126(84-117(122)90-41-23-16-24-42-90)99-48-32-45-93(72-99)98-61-70-130-121(80-98)115-54-28-30-56-128(115)139(130)108-50-34-47-95(77-108)88-37-19-14-20-38-88/h13-72,76-86,102-104H,73-75H2,1-12H3. The van der Waals surface area contributed by atoms with E-state index in [9.17, 15) is 0 Å². The SMILES string of the molecule is CC(C)(C)c1ccc(C2CC(c3ccccc3-c3ccc(-c4ccc5c(c4)C(C)(C)C(C)(C)C5(C)C)nc3)CC(c3ccc(C(C)(C)C)cc3-c3cnc(-c4cccc(-c5ccc6c(c5)c5ccccc5n6-c5cccc(-c6ccccc6)c5)c4)cc3-c3ccccc3)C2)c(-c2ccc(-c3cccc(-c4ccc5c(c4)c4ccccc4n5-c4cccc(-c5ccccc5)c4)c3)cc2-c2ccccc2)c1. The Bertz CT molecular complexity index is 7910. The highest BCUT2D eigenvalue weighted by molar-refractivity contribution is 6.12. The molecule has 3 unspecified atom stereocenters. The highest BCUT2D eigenvalue weighted by Gasteiger charge is 2.57. The van der Waals surface area contributed by atoms with Crippen molar-refractivity contribution < 1.29 is 0 Å². The Morgan fingerprint density at radius 1 is 0.223 bits per heavy atom. The molecule has 1 fully saturated rings. The maximum absolute atomic E-state index is 5.69. The number of pyridine rings is 2. The van der Waals surface area contributed by atoms with Crippen molar-refractivity contribution in [3.05, 3.63) is 470 Å². The van der Waals surface area contributed by atoms with Crippen molar-refractivity contribution in [2.75, 3.05) is 0 Å². The summed E-state index contributed by atoms with van der Waals surface area (Å²) >= 11 is 0. The molecule has 0 saturated heterocycles. The molecule has 4 heteroatoms. The first kappa shape index (κ1) is 87.7. The van der Waals surface area contributed by atoms with E-state index in [1.165, 1.54) is 160 Å². The molecule has 2 aliphatic rings. The lowest BCUT2D eigenvalue weighted by atomic mass is 9.59. The number of hydrogen-bond donors (Lipinski definition) is 0. The summed E-state index contributed by atoms with van der Waals surface area (Å²) < 4.78 is 4.86. The Balaban J connectivity index is 0.648. The summed E-state index contributed by atoms with van der Waals surface area (Å²) in [7, 11) is 0. The van der Waals surface area contributed by atoms with Crippen LogP contribution < -0.4 is 0 Å². The molecule has 0 bridgehead atoms. The van der Waals surface area contributed by atoms with Gasteiger partial charge in [0.15, 0.2) is 0 Å². The largest absolute Gasteiger partial charge is 0.309 e. The third kappa shape index (κ3) is 15.8. The highest BCUT2D eigenvalue weighted by Crippen LogP contribution is 2.63. The minimum Gasteiger partial charge on any atom is -0.309 e. The average Bonchev–Trinajstić information content (AvgIpc) is 1.53. The molecule has 4 nitrogen and oxygen atoms in total. The topological polar surface area (TPSA) is 35.6 Å². The summed E-state index contributed by atoms with van der Waals surface area (Å²) in [5, 5.41) is 4.89. The molecule has 4 heterocycles. The van der Waals surface area contributed by atoms with Crippen molar-refractivity contribution in [2.45, 2.75) is 142 Å². The molecule has 17 aromatic carbocycles. The fourth-order valence-corrected chi connectivity index (χ4v) is 23.4. The van der Waals surface area contributed by atoms with Crippen LogP contribution in [0.2, 0.25) is 0 Å². The van der Waals surface area contributed by atoms with E-state index in [0.717, 1.165) is 86.5 Å². The second-order valence-electron chi connectivity index (χ2n) is 42.8. The maximum atomic E-state index is 5.69. The summed E-state index contributed by atoms with van der Waals surface area (Å²) in [5.74, 6) is 0.341. The van der Waals surface area contributed by atoms with Crippen LogP contribution in [0.15, 0.2) is 431 Å². The number of hydrogen-bond acceptors (Lipinski definition) is 2. The van der Waals surface area contributed by atoms with Gasteiger partial charge in [-0.1, -0.05) is 405 Å². The molecule has 0 aliphatic heterocycles. The summed E-state index contributed by atoms with van der Waals surface area (Å²) in [6.07, 6.45) is 7.19. The van der Waals surface area contributed by atoms with E-state index in [0.29, 0.717) is 0 Å². The van der Waals surface area contributed by atoms with Gasteiger partial charge in [-0.25, -0.2) is 0 Å². The summed E-state index contributed by atoms with van der Waals surface area (Å²) in [6, 6.07) is 158. The molecule has 1 saturated carbocycles. The first-order chi connectivity index (χ1) is 67.4. The van der Waals surface area contributed by atoms with Gasteiger partial charge >= 0.3 is 0 Å². The van der Waals surface area contributed by atoms with E-state index < -0.39 is 0 Å². The van der Waals surface area contributed by atoms with E-state index in [2.05, 4.69) is 523 Å². The lowest BCUT2D eigenvalue weighted by Gasteiger charge is -2.44. The molecular weight excluding hydrogens is 1680 g/mol. The van der Waals surface area contributed by atoms with E-state index in [4.69, 9.17) is 9.97 Å². The zero-order chi connectivity index (χ0) is 94.8. The van der Waals surface area contributed by atoms with E-state index >= 15 is 0 Å². The zero-order valence-electron chi connectivity index (χ0n) is 81.6. The Labute approximate surface area is 819 Å². The highest BCUT2D eigenvalue weighted by atomic mass is 15.0. The van der Waals surface area contributed by atoms with Gasteiger partial charge in [0.2, 0.25) is 0 Å². The summed E-state index contributed by atoms with van der Waals surface area (Å²) in [5.41, 5.74) is 44.1. The molecule has 139 heavy (non-hydrogen) atoms. The zero-order valence-corrected chi connectivity index (χ0v) is 81.6. The first-order valence-corrected chi connectivity index (χ1v) is 49.8. The third-order valence-electron chi connectivity index (χ3n) is 32.2. The summed E-state index contributed by atoms with van der Waals surface area (Å²) in [4.78, 5) is 11.1. The third-order valence-corrected chi connectivity index (χ3v) is 32.2. The number of benzene rings is 17. The van der Waals surface area contributed by atoms with Crippen LogP contribution in [0.25, 0.3) is 189 Å². The number of para-hydroxylation sites is 2. The quantitative estimate of drug-likeness (QED) is 0.0911. The van der Waals surface area contributed by atoms with E-state index in [-0.39, 0.29) is 44.8 Å². The van der Waals surface area contributed by atoms with Gasteiger partial charge in [0.25, 0.3) is 0 Å². The molecule has 21 aromatic rings. The molecule has 676 valence electrons. The van der Waals surface area contributed by atoms with Crippen molar-refractivity contribution in [2.24, 2.45) is 5.41 Å². The van der Waals surface area contributed by atoms with Gasteiger partial charge in [0.05, 0.1) is 33.5 Å². The van der Waals surface area contributed by atoms with Gasteiger partial charge in [-0.05, 0) is 300 Å². The minimum atomic E-state index is -0.167. The molecule has 0 amide bonds. The predicted octanol–water partition coefficient (Wildman–Crippen LogP) is 36.7. The molecule has 0 spiro atoms. The van der Waals surface area contributed by atoms with Gasteiger partial charge in [0.1, 0.15) is 0 Å². The Hall–Kier alpha value is -15.4. The molecule has 3 atom stereocenters. The van der Waals surface area contributed by atoms with Gasteiger partial charge in [-0.3, -0.25) is 9.97 Å². The average molecular weight is 1790 g/mol. The monoisotopic (exact) mass is 1790 g/mol. The Morgan fingerprint density at radius 2 is 0.597 bits per heavy atom. The maximum Gasteiger partial charge on any atom is 0.0708 e. The van der Waals surface area contributed by atoms with Crippen LogP contribution >= 0.6 is 0 Å². The molecule has 23 rings (SSSR count). The number of nitrogens with zero attached hydrogens (tertiary/aromatic N) is 4. The van der Waals surface area contributed by atoms with Gasteiger partial charge in [0, 0.05) is 67.6 Å². The molecule has 2 aliphatic carbocycles. The normalized spacial score (nSPS) is 15.6. The molecule has 0 N–H and O–H groups in total. The van der Waals surface area contributed by atoms with Crippen LogP contribution in [0, 0.1) is 5.41 Å². The lowest BCUT2D eigenvalue weighted by molar-refractivity contribution is 0.125. The van der Waals surface area contributed by atoms with Crippen LogP contribution in [0.4, 0.5) is 0 Å². The smallest absolute Gasteiger partial charge is 0.0708 e. The van der Waals surface area contributed by atoms with Crippen molar-refractivity contribution in [1.82, 2.24) is 19.1 Å². The van der Waals surface area contributed by atoms with Crippen LogP contribution in [-0.2, 0) is 21.7 Å². The van der Waals surface area contributed by atoms with Crippen molar-refractivity contribution >= 4 is 43.6 Å². The Morgan fingerprint density at radius 3 is 1.11 bits per heavy atom. The fourth-order valence-electron chi connectivity index (χ4n) is 23.4. The van der Waals surface area contributed by atoms with Gasteiger partial charge < -0.3 is 9.13 Å². The molecule has 4 aromatic heterocycles. The second kappa shape index (κ2) is 34.7. The summed E-state index contributed by atoms with van der Waals surface area (Å²) in [6.45, 7) is 28.8. The van der Waals surface area contributed by atoms with Crippen LogP contribution in [-0.4, -0.2) is 19.1 Å². The second-order valence-corrected chi connectivity index (χ2v) is 42.8. The first-order valence-electron chi connectivity index (χ1n) is 49.8. The van der Waals surface area contributed by atoms with Gasteiger partial charge in [-0.2, -0.15) is 0 Å². The fraction of sp³-hybridized carbons (Fsp3) is 0.170. The lowest BCUT2D eigenvalue weighted by Crippen LogP contribution is -2.42. The van der Waals surface area contributed by atoms with Crippen molar-refractivity contribution in [3.8, 4) is 145 Å². The van der Waals surface area contributed by atoms with Crippen LogP contribution in [0.1, 0.15) is 159 Å². The van der Waals surface area contributed by atoms with E-state index in [1.54, 1.807) is 0 Å². The number of fused-ring (bicyclic) bond motifs is 7. The van der Waals surface area contributed by atoms with Gasteiger partial charge in [-0.15, -0.1) is 0 Å². The number of rotatable bonds is 17. The van der Waals surface area contributed by atoms with Crippen molar-refractivity contribution in [3.63, 3.8) is 0 Å². The van der Waals surface area contributed by atoms with Crippen LogP contribution in [0.3, 0.4) is 0 Å². The minimum absolute atomic E-state index is 0.0122.